The molecule has 2 fully saturated rings. The second kappa shape index (κ2) is 6.13. The molecule has 0 radical (unpaired) electrons. The van der Waals surface area contributed by atoms with E-state index in [1.165, 1.54) is 0 Å². The number of nitrogens with zero attached hydrogens (tertiary/aromatic N) is 1. The van der Waals surface area contributed by atoms with Crippen molar-refractivity contribution in [3.63, 3.8) is 0 Å². The van der Waals surface area contributed by atoms with Crippen molar-refractivity contribution in [2.75, 3.05) is 20.6 Å². The molecule has 0 aromatic heterocycles. The van der Waals surface area contributed by atoms with Gasteiger partial charge < -0.3 is 23.5 Å². The average Bonchev–Trinajstić information content (AvgIpc) is 2.67. The van der Waals surface area contributed by atoms with Gasteiger partial charge in [0.25, 0.3) is 0 Å². The highest BCUT2D eigenvalue weighted by atomic mass is 16.7. The molecule has 7 heteroatoms. The van der Waals surface area contributed by atoms with E-state index in [0.717, 1.165) is 12.0 Å². The molecule has 0 unspecified atom stereocenters. The van der Waals surface area contributed by atoms with E-state index in [1.54, 1.807) is 0 Å². The smallest absolute Gasteiger partial charge is 0.400 e. The van der Waals surface area contributed by atoms with Gasteiger partial charge in [0.1, 0.15) is 0 Å². The fourth-order valence-electron chi connectivity index (χ4n) is 2.70. The van der Waals surface area contributed by atoms with Gasteiger partial charge in [-0.2, -0.15) is 0 Å². The lowest BCUT2D eigenvalue weighted by Crippen LogP contribution is -2.41. The summed E-state index contributed by atoms with van der Waals surface area (Å²) in [5.74, 6) is 2.01. The van der Waals surface area contributed by atoms with Crippen LogP contribution in [0.3, 0.4) is 0 Å². The Labute approximate surface area is 148 Å². The van der Waals surface area contributed by atoms with Crippen LogP contribution < -0.4 is 0 Å². The number of rotatable bonds is 4. The summed E-state index contributed by atoms with van der Waals surface area (Å²) in [6, 6.07) is 0. The van der Waals surface area contributed by atoms with Crippen molar-refractivity contribution < 1.29 is 18.6 Å². The summed E-state index contributed by atoms with van der Waals surface area (Å²) < 4.78 is 24.6. The highest BCUT2D eigenvalue weighted by molar-refractivity contribution is 6.60. The summed E-state index contributed by atoms with van der Waals surface area (Å²) in [6.45, 7) is 17.2. The van der Waals surface area contributed by atoms with Crippen LogP contribution in [-0.4, -0.2) is 62.2 Å². The monoisotopic (exact) mass is 337 g/mol. The molecule has 2 rings (SSSR count). The van der Waals surface area contributed by atoms with Gasteiger partial charge in [0.05, 0.1) is 22.4 Å². The van der Waals surface area contributed by atoms with Gasteiger partial charge in [-0.1, -0.05) is 5.98 Å². The van der Waals surface area contributed by atoms with Crippen LogP contribution in [0.1, 0.15) is 55.4 Å². The third-order valence-corrected chi connectivity index (χ3v) is 5.68. The molecule has 0 N–H and O–H groups in total. The Morgan fingerprint density at radius 3 is 1.50 bits per heavy atom. The van der Waals surface area contributed by atoms with Crippen LogP contribution in [0.5, 0.6) is 0 Å². The topological polar surface area (TPSA) is 40.2 Å². The molecule has 0 aromatic rings. The molecule has 24 heavy (non-hydrogen) atoms. The third-order valence-electron chi connectivity index (χ3n) is 5.68. The van der Waals surface area contributed by atoms with E-state index >= 15 is 0 Å². The first-order chi connectivity index (χ1) is 10.7. The van der Waals surface area contributed by atoms with Crippen LogP contribution in [0.25, 0.3) is 0 Å². The summed E-state index contributed by atoms with van der Waals surface area (Å²) in [7, 11) is 3.27. The average molecular weight is 337 g/mol. The molecule has 2 saturated heterocycles. The Hall–Kier alpha value is -0.330. The van der Waals surface area contributed by atoms with Crippen LogP contribution in [0, 0.1) is 0 Å². The quantitative estimate of drug-likeness (QED) is 0.738. The molecule has 136 valence electrons. The largest absolute Gasteiger partial charge is 0.490 e. The molecule has 0 bridgehead atoms. The minimum absolute atomic E-state index is 0.354. The summed E-state index contributed by atoms with van der Waals surface area (Å²) in [5.41, 5.74) is -0.407. The van der Waals surface area contributed by atoms with E-state index < -0.39 is 14.2 Å². The SMILES string of the molecule is CN(C)CC(=CB1OC(C)(C)C(C)(C)O1)B1OC(C)(C)C(C)(C)O1. The van der Waals surface area contributed by atoms with Gasteiger partial charge in [-0.3, -0.25) is 0 Å². The van der Waals surface area contributed by atoms with Crippen LogP contribution >= 0.6 is 0 Å². The molecule has 5 nitrogen and oxygen atoms in total. The second-order valence-electron chi connectivity index (χ2n) is 9.19. The first-order valence-corrected chi connectivity index (χ1v) is 8.73. The van der Waals surface area contributed by atoms with Gasteiger partial charge in [0.2, 0.25) is 0 Å². The fourth-order valence-corrected chi connectivity index (χ4v) is 2.70. The molecule has 0 atom stereocenters. The maximum atomic E-state index is 6.21. The minimum atomic E-state index is -0.399. The summed E-state index contributed by atoms with van der Waals surface area (Å²) in [5, 5.41) is 0. The molecular formula is C17H33B2NO4. The zero-order chi connectivity index (χ0) is 18.6. The standard InChI is InChI=1S/C17H33B2NO4/c1-14(2)15(3,4)22-18(21-14)11-13(12-20(9)10)19-23-16(5,6)17(7,8)24-19/h11H,12H2,1-10H3. The van der Waals surface area contributed by atoms with Crippen molar-refractivity contribution in [3.05, 3.63) is 11.4 Å². The van der Waals surface area contributed by atoms with E-state index in [-0.39, 0.29) is 22.4 Å². The zero-order valence-corrected chi connectivity index (χ0v) is 17.0. The Morgan fingerprint density at radius 1 is 0.750 bits per heavy atom. The molecule has 0 aliphatic carbocycles. The summed E-state index contributed by atoms with van der Waals surface area (Å²) >= 11 is 0. The van der Waals surface area contributed by atoms with Crippen molar-refractivity contribution in [1.29, 1.82) is 0 Å². The van der Waals surface area contributed by atoms with Gasteiger partial charge >= 0.3 is 14.2 Å². The van der Waals surface area contributed by atoms with Crippen molar-refractivity contribution in [2.45, 2.75) is 77.8 Å². The van der Waals surface area contributed by atoms with Gasteiger partial charge in [-0.05, 0) is 75.0 Å². The molecule has 2 aliphatic rings. The first-order valence-electron chi connectivity index (χ1n) is 8.73. The van der Waals surface area contributed by atoms with Gasteiger partial charge in [0, 0.05) is 6.54 Å². The Morgan fingerprint density at radius 2 is 1.12 bits per heavy atom. The maximum Gasteiger partial charge on any atom is 0.490 e. The van der Waals surface area contributed by atoms with Crippen LogP contribution in [0.15, 0.2) is 11.4 Å². The first kappa shape index (κ1) is 20.0. The molecule has 0 amide bonds. The zero-order valence-electron chi connectivity index (χ0n) is 17.0. The number of likely N-dealkylation sites (N-methyl/N-ethyl adjacent to an activating group) is 1. The van der Waals surface area contributed by atoms with Crippen molar-refractivity contribution in [2.24, 2.45) is 0 Å². The summed E-state index contributed by atoms with van der Waals surface area (Å²) in [4.78, 5) is 2.10. The Kier molecular flexibility index (Phi) is 5.11. The second-order valence-corrected chi connectivity index (χ2v) is 9.19. The molecular weight excluding hydrogens is 304 g/mol. The predicted molar refractivity (Wildman–Crippen MR) is 98.8 cm³/mol. The molecule has 0 aromatic carbocycles. The molecule has 0 spiro atoms. The van der Waals surface area contributed by atoms with Crippen molar-refractivity contribution in [3.8, 4) is 0 Å². The third kappa shape index (κ3) is 3.75. The van der Waals surface area contributed by atoms with Gasteiger partial charge in [-0.25, -0.2) is 0 Å². The number of hydrogen-bond acceptors (Lipinski definition) is 5. The maximum absolute atomic E-state index is 6.21. The van der Waals surface area contributed by atoms with Crippen LogP contribution in [0.4, 0.5) is 0 Å². The fraction of sp³-hybridized carbons (Fsp3) is 0.882. The normalized spacial score (nSPS) is 28.0. The Balaban J connectivity index is 2.25. The highest BCUT2D eigenvalue weighted by Gasteiger charge is 2.54. The van der Waals surface area contributed by atoms with Crippen molar-refractivity contribution >= 4 is 14.2 Å². The van der Waals surface area contributed by atoms with Gasteiger partial charge in [0.15, 0.2) is 0 Å². The molecule has 0 saturated carbocycles. The Bertz CT molecular complexity index is 483. The van der Waals surface area contributed by atoms with Crippen molar-refractivity contribution in [1.82, 2.24) is 4.90 Å². The predicted octanol–water partition coefficient (Wildman–Crippen LogP) is 2.74. The molecule has 2 aliphatic heterocycles. The minimum Gasteiger partial charge on any atom is -0.400 e. The van der Waals surface area contributed by atoms with E-state index in [4.69, 9.17) is 18.6 Å². The summed E-state index contributed by atoms with van der Waals surface area (Å²) in [6.07, 6.45) is 0. The molecule has 2 heterocycles. The number of hydrogen-bond donors (Lipinski definition) is 0. The van der Waals surface area contributed by atoms with E-state index in [1.807, 2.05) is 20.1 Å². The van der Waals surface area contributed by atoms with Crippen LogP contribution in [0.2, 0.25) is 0 Å². The van der Waals surface area contributed by atoms with E-state index in [9.17, 15) is 0 Å². The van der Waals surface area contributed by atoms with Crippen LogP contribution in [-0.2, 0) is 18.6 Å². The lowest BCUT2D eigenvalue weighted by atomic mass is 9.71. The highest BCUT2D eigenvalue weighted by Crippen LogP contribution is 2.40. The van der Waals surface area contributed by atoms with Gasteiger partial charge in [-0.15, -0.1) is 0 Å². The van der Waals surface area contributed by atoms with E-state index in [2.05, 4.69) is 60.3 Å². The lowest BCUT2D eigenvalue weighted by molar-refractivity contribution is 0.00578. The lowest BCUT2D eigenvalue weighted by Gasteiger charge is -2.32. The van der Waals surface area contributed by atoms with E-state index in [0.29, 0.717) is 0 Å².